The molecule has 0 saturated heterocycles. The van der Waals surface area contributed by atoms with Gasteiger partial charge in [-0.3, -0.25) is 9.78 Å². The lowest BCUT2D eigenvalue weighted by atomic mass is 10.2. The second-order valence-electron chi connectivity index (χ2n) is 6.14. The highest BCUT2D eigenvalue weighted by Crippen LogP contribution is 2.19. The van der Waals surface area contributed by atoms with Gasteiger partial charge in [-0.05, 0) is 30.3 Å². The van der Waals surface area contributed by atoms with Crippen LogP contribution in [0.15, 0.2) is 59.2 Å². The van der Waals surface area contributed by atoms with Crippen molar-refractivity contribution in [1.29, 1.82) is 0 Å². The highest BCUT2D eigenvalue weighted by Gasteiger charge is 2.13. The molecule has 0 aliphatic rings. The van der Waals surface area contributed by atoms with Gasteiger partial charge >= 0.3 is 6.09 Å². The Balaban J connectivity index is 1.59. The minimum atomic E-state index is -1.07. The third-order valence-electron chi connectivity index (χ3n) is 3.91. The van der Waals surface area contributed by atoms with E-state index in [9.17, 15) is 9.59 Å². The van der Waals surface area contributed by atoms with Gasteiger partial charge in [-0.2, -0.15) is 0 Å². The highest BCUT2D eigenvalue weighted by atomic mass is 16.4. The van der Waals surface area contributed by atoms with Crippen LogP contribution in [0.1, 0.15) is 21.9 Å². The number of allylic oxidation sites excluding steroid dienone is 1. The topological polar surface area (TPSA) is 156 Å². The Morgan fingerprint density at radius 1 is 1.07 bits per heavy atom. The number of hydrogen-bond donors (Lipinski definition) is 4. The summed E-state index contributed by atoms with van der Waals surface area (Å²) in [5.41, 5.74) is 7.72. The van der Waals surface area contributed by atoms with Gasteiger partial charge in [-0.25, -0.2) is 14.8 Å². The van der Waals surface area contributed by atoms with Crippen LogP contribution in [0.4, 0.5) is 10.7 Å². The van der Waals surface area contributed by atoms with Crippen LogP contribution in [0.5, 0.6) is 0 Å². The second-order valence-corrected chi connectivity index (χ2v) is 6.14. The molecule has 0 radical (unpaired) electrons. The molecule has 3 aromatic rings. The van der Waals surface area contributed by atoms with Gasteiger partial charge in [0.15, 0.2) is 5.76 Å². The summed E-state index contributed by atoms with van der Waals surface area (Å²) in [6, 6.07) is 10.4. The maximum absolute atomic E-state index is 12.5. The van der Waals surface area contributed by atoms with Crippen LogP contribution in [0.25, 0.3) is 11.5 Å². The average Bonchev–Trinajstić information content (AvgIpc) is 3.26. The Hall–Kier alpha value is -4.21. The van der Waals surface area contributed by atoms with Crippen LogP contribution in [0, 0.1) is 0 Å². The molecule has 0 aromatic carbocycles. The first-order chi connectivity index (χ1) is 14.5. The van der Waals surface area contributed by atoms with E-state index in [1.807, 2.05) is 18.2 Å². The molecule has 154 valence electrons. The highest BCUT2D eigenvalue weighted by molar-refractivity contribution is 5.93. The molecule has 2 amide bonds. The maximum Gasteiger partial charge on any atom is 0.404 e. The van der Waals surface area contributed by atoms with E-state index in [0.29, 0.717) is 23.6 Å². The zero-order valence-electron chi connectivity index (χ0n) is 15.9. The number of furan rings is 1. The van der Waals surface area contributed by atoms with Crippen molar-refractivity contribution in [2.24, 2.45) is 0 Å². The van der Waals surface area contributed by atoms with E-state index in [2.05, 4.69) is 25.6 Å². The SMILES string of the molecule is Nc1nc(C(=O)NCc2cccc(CC=CCNC(=O)O)n2)cc(-c2ccco2)n1. The number of anilines is 1. The van der Waals surface area contributed by atoms with Gasteiger partial charge in [-0.1, -0.05) is 18.2 Å². The van der Waals surface area contributed by atoms with Gasteiger partial charge in [0.2, 0.25) is 5.95 Å². The normalized spacial score (nSPS) is 10.8. The lowest BCUT2D eigenvalue weighted by Gasteiger charge is -2.07. The number of carboxylic acid groups (broad SMARTS) is 1. The first-order valence-electron chi connectivity index (χ1n) is 9.04. The smallest absolute Gasteiger partial charge is 0.404 e. The molecule has 0 spiro atoms. The van der Waals surface area contributed by atoms with Crippen molar-refractivity contribution in [2.45, 2.75) is 13.0 Å². The summed E-state index contributed by atoms with van der Waals surface area (Å²) in [6.45, 7) is 0.435. The van der Waals surface area contributed by atoms with E-state index >= 15 is 0 Å². The maximum atomic E-state index is 12.5. The van der Waals surface area contributed by atoms with Gasteiger partial charge < -0.3 is 25.9 Å². The Morgan fingerprint density at radius 2 is 1.90 bits per heavy atom. The van der Waals surface area contributed by atoms with Crippen LogP contribution < -0.4 is 16.4 Å². The Kier molecular flexibility index (Phi) is 6.72. The molecular weight excluding hydrogens is 388 g/mol. The van der Waals surface area contributed by atoms with Crippen LogP contribution in [0.2, 0.25) is 0 Å². The predicted octanol–water partition coefficient (Wildman–Crippen LogP) is 2.01. The number of rotatable bonds is 8. The van der Waals surface area contributed by atoms with Gasteiger partial charge in [0.25, 0.3) is 5.91 Å². The zero-order valence-corrected chi connectivity index (χ0v) is 15.9. The fourth-order valence-electron chi connectivity index (χ4n) is 2.57. The van der Waals surface area contributed by atoms with E-state index in [1.54, 1.807) is 24.3 Å². The van der Waals surface area contributed by atoms with Gasteiger partial charge in [0.05, 0.1) is 18.5 Å². The number of nitrogens with two attached hydrogens (primary N) is 1. The fraction of sp³-hybridized carbons (Fsp3) is 0.150. The van der Waals surface area contributed by atoms with Crippen molar-refractivity contribution in [1.82, 2.24) is 25.6 Å². The Labute approximate surface area is 171 Å². The molecule has 0 atom stereocenters. The van der Waals surface area contributed by atoms with E-state index in [4.69, 9.17) is 15.3 Å². The zero-order chi connectivity index (χ0) is 21.3. The van der Waals surface area contributed by atoms with Gasteiger partial charge in [0, 0.05) is 18.7 Å². The third kappa shape index (κ3) is 5.89. The molecule has 30 heavy (non-hydrogen) atoms. The molecule has 10 heteroatoms. The minimum Gasteiger partial charge on any atom is -0.465 e. The van der Waals surface area contributed by atoms with Crippen molar-refractivity contribution >= 4 is 17.9 Å². The molecule has 0 bridgehead atoms. The summed E-state index contributed by atoms with van der Waals surface area (Å²) < 4.78 is 5.28. The quantitative estimate of drug-likeness (QED) is 0.412. The van der Waals surface area contributed by atoms with Crippen molar-refractivity contribution < 1.29 is 19.1 Å². The number of nitrogens with one attached hydrogen (secondary N) is 2. The second kappa shape index (κ2) is 9.82. The molecule has 10 nitrogen and oxygen atoms in total. The van der Waals surface area contributed by atoms with E-state index < -0.39 is 12.0 Å². The standard InChI is InChI=1S/C20H20N6O4/c21-19-25-15(17-8-4-10-30-17)11-16(26-19)18(27)23-12-14-7-3-6-13(24-14)5-1-2-9-22-20(28)29/h1-4,6-8,10-11,22H,5,9,12H2,(H,23,27)(H,28,29)(H2,21,25,26). The minimum absolute atomic E-state index is 0.0293. The van der Waals surface area contributed by atoms with E-state index in [0.717, 1.165) is 5.69 Å². The number of pyridine rings is 1. The number of carbonyl (C=O) groups excluding carboxylic acids is 1. The predicted molar refractivity (Wildman–Crippen MR) is 108 cm³/mol. The largest absolute Gasteiger partial charge is 0.465 e. The molecule has 3 rings (SSSR count). The van der Waals surface area contributed by atoms with Crippen molar-refractivity contribution in [3.8, 4) is 11.5 Å². The molecule has 3 aromatic heterocycles. The number of aromatic nitrogens is 3. The summed E-state index contributed by atoms with van der Waals surface area (Å²) in [7, 11) is 0. The molecule has 0 unspecified atom stereocenters. The summed E-state index contributed by atoms with van der Waals surface area (Å²) >= 11 is 0. The summed E-state index contributed by atoms with van der Waals surface area (Å²) in [5, 5.41) is 13.5. The summed E-state index contributed by atoms with van der Waals surface area (Å²) in [4.78, 5) is 35.4. The van der Waals surface area contributed by atoms with Gasteiger partial charge in [-0.15, -0.1) is 0 Å². The lowest BCUT2D eigenvalue weighted by Crippen LogP contribution is -2.25. The lowest BCUT2D eigenvalue weighted by molar-refractivity contribution is 0.0945. The molecule has 0 aliphatic heterocycles. The number of hydrogen-bond acceptors (Lipinski definition) is 7. The summed E-state index contributed by atoms with van der Waals surface area (Å²) in [6.07, 6.45) is 4.50. The molecule has 3 heterocycles. The molecule has 0 saturated carbocycles. The molecular formula is C20H20N6O4. The first-order valence-corrected chi connectivity index (χ1v) is 9.04. The average molecular weight is 408 g/mol. The van der Waals surface area contributed by atoms with Crippen LogP contribution in [-0.2, 0) is 13.0 Å². The Morgan fingerprint density at radius 3 is 2.67 bits per heavy atom. The number of nitrogen functional groups attached to an aromatic ring is 1. The number of nitrogens with zero attached hydrogens (tertiary/aromatic N) is 3. The van der Waals surface area contributed by atoms with E-state index in [-0.39, 0.29) is 24.7 Å². The van der Waals surface area contributed by atoms with Crippen molar-refractivity contribution in [2.75, 3.05) is 12.3 Å². The van der Waals surface area contributed by atoms with E-state index in [1.165, 1.54) is 12.3 Å². The Bertz CT molecular complexity index is 1050. The number of amides is 2. The molecule has 0 aliphatic carbocycles. The van der Waals surface area contributed by atoms with Crippen molar-refractivity contribution in [3.63, 3.8) is 0 Å². The van der Waals surface area contributed by atoms with Crippen molar-refractivity contribution in [3.05, 3.63) is 71.9 Å². The first kappa shape index (κ1) is 20.5. The fourth-order valence-corrected chi connectivity index (χ4v) is 2.57. The van der Waals surface area contributed by atoms with Gasteiger partial charge in [0.1, 0.15) is 11.4 Å². The van der Waals surface area contributed by atoms with Crippen LogP contribution >= 0.6 is 0 Å². The summed E-state index contributed by atoms with van der Waals surface area (Å²) in [5.74, 6) is 0.0428. The molecule has 0 fully saturated rings. The van der Waals surface area contributed by atoms with Crippen LogP contribution in [-0.4, -0.2) is 38.6 Å². The number of carbonyl (C=O) groups is 2. The third-order valence-corrected chi connectivity index (χ3v) is 3.91. The van der Waals surface area contributed by atoms with Crippen LogP contribution in [0.3, 0.4) is 0 Å². The molecule has 5 N–H and O–H groups in total. The monoisotopic (exact) mass is 408 g/mol.